The molecule has 0 aromatic heterocycles. The molecule has 3 aromatic rings. The predicted octanol–water partition coefficient (Wildman–Crippen LogP) is 6.67. The van der Waals surface area contributed by atoms with Gasteiger partial charge in [0.25, 0.3) is 0 Å². The minimum Gasteiger partial charge on any atom is -0.496 e. The summed E-state index contributed by atoms with van der Waals surface area (Å²) in [5.74, 6) is 1.10. The number of ether oxygens (including phenoxy) is 2. The molecule has 1 amide bonds. The van der Waals surface area contributed by atoms with Crippen molar-refractivity contribution in [3.05, 3.63) is 100 Å². The Labute approximate surface area is 205 Å². The molecule has 0 spiro atoms. The SMILES string of the molecule is COc1ccc(/C=C/C(=O)Nc2ccccc2N)c(OCc2ccc(Cl)cc2)c1CC=C(C)C. The third-order valence-electron chi connectivity index (χ3n) is 5.11. The zero-order chi connectivity index (χ0) is 24.5. The fourth-order valence-corrected chi connectivity index (χ4v) is 3.43. The maximum Gasteiger partial charge on any atom is 0.248 e. The average molecular weight is 477 g/mol. The van der Waals surface area contributed by atoms with Gasteiger partial charge >= 0.3 is 0 Å². The number of rotatable bonds is 9. The van der Waals surface area contributed by atoms with Crippen LogP contribution >= 0.6 is 11.6 Å². The molecule has 0 aliphatic rings. The first-order chi connectivity index (χ1) is 16.4. The molecule has 34 heavy (non-hydrogen) atoms. The van der Waals surface area contributed by atoms with Gasteiger partial charge in [0.05, 0.1) is 18.5 Å². The summed E-state index contributed by atoms with van der Waals surface area (Å²) in [4.78, 5) is 12.5. The molecule has 0 saturated heterocycles. The van der Waals surface area contributed by atoms with E-state index in [0.29, 0.717) is 35.2 Å². The lowest BCUT2D eigenvalue weighted by atomic mass is 10.0. The summed E-state index contributed by atoms with van der Waals surface area (Å²) in [6.07, 6.45) is 5.95. The number of nitrogens with one attached hydrogen (secondary N) is 1. The summed E-state index contributed by atoms with van der Waals surface area (Å²) in [5.41, 5.74) is 10.8. The van der Waals surface area contributed by atoms with E-state index in [9.17, 15) is 4.79 Å². The van der Waals surface area contributed by atoms with Gasteiger partial charge in [0.15, 0.2) is 0 Å². The van der Waals surface area contributed by atoms with Crippen LogP contribution in [0.15, 0.2) is 78.4 Å². The molecule has 6 heteroatoms. The van der Waals surface area contributed by atoms with E-state index < -0.39 is 0 Å². The van der Waals surface area contributed by atoms with Crippen LogP contribution in [-0.4, -0.2) is 13.0 Å². The van der Waals surface area contributed by atoms with Crippen LogP contribution in [0.2, 0.25) is 5.02 Å². The third kappa shape index (κ3) is 6.90. The van der Waals surface area contributed by atoms with Gasteiger partial charge < -0.3 is 20.5 Å². The maximum absolute atomic E-state index is 12.5. The fraction of sp³-hybridized carbons (Fsp3) is 0.179. The summed E-state index contributed by atoms with van der Waals surface area (Å²) in [6.45, 7) is 4.44. The molecule has 3 aromatic carbocycles. The number of benzene rings is 3. The second kappa shape index (κ2) is 12.0. The van der Waals surface area contributed by atoms with E-state index in [-0.39, 0.29) is 5.91 Å². The van der Waals surface area contributed by atoms with E-state index in [2.05, 4.69) is 11.4 Å². The van der Waals surface area contributed by atoms with Gasteiger partial charge in [-0.1, -0.05) is 47.5 Å². The highest BCUT2D eigenvalue weighted by molar-refractivity contribution is 6.30. The zero-order valence-corrected chi connectivity index (χ0v) is 20.4. The second-order valence-electron chi connectivity index (χ2n) is 7.98. The van der Waals surface area contributed by atoms with Gasteiger partial charge in [0.2, 0.25) is 5.91 Å². The lowest BCUT2D eigenvalue weighted by molar-refractivity contribution is -0.111. The van der Waals surface area contributed by atoms with Crippen LogP contribution in [0, 0.1) is 0 Å². The molecule has 0 atom stereocenters. The number of carbonyl (C=O) groups is 1. The Hall–Kier alpha value is -3.70. The van der Waals surface area contributed by atoms with E-state index in [0.717, 1.165) is 22.4 Å². The lowest BCUT2D eigenvalue weighted by Gasteiger charge is -2.17. The van der Waals surface area contributed by atoms with Crippen molar-refractivity contribution in [2.75, 3.05) is 18.2 Å². The van der Waals surface area contributed by atoms with Crippen molar-refractivity contribution in [3.63, 3.8) is 0 Å². The highest BCUT2D eigenvalue weighted by Gasteiger charge is 2.15. The molecule has 0 aliphatic heterocycles. The van der Waals surface area contributed by atoms with Gasteiger partial charge in [-0.05, 0) is 68.3 Å². The minimum atomic E-state index is -0.289. The molecular formula is C28H29ClN2O3. The van der Waals surface area contributed by atoms with Crippen LogP contribution in [0.25, 0.3) is 6.08 Å². The Morgan fingerprint density at radius 3 is 2.47 bits per heavy atom. The second-order valence-corrected chi connectivity index (χ2v) is 8.41. The number of halogens is 1. The van der Waals surface area contributed by atoms with Gasteiger partial charge in [0, 0.05) is 22.2 Å². The van der Waals surface area contributed by atoms with Crippen molar-refractivity contribution in [2.24, 2.45) is 0 Å². The van der Waals surface area contributed by atoms with E-state index in [1.807, 2.05) is 62.4 Å². The fourth-order valence-electron chi connectivity index (χ4n) is 3.31. The largest absolute Gasteiger partial charge is 0.496 e. The van der Waals surface area contributed by atoms with Crippen LogP contribution in [0.5, 0.6) is 11.5 Å². The van der Waals surface area contributed by atoms with E-state index >= 15 is 0 Å². The molecule has 176 valence electrons. The number of nitrogens with two attached hydrogens (primary N) is 1. The Kier molecular flexibility index (Phi) is 8.77. The van der Waals surface area contributed by atoms with Gasteiger partial charge in [0.1, 0.15) is 18.1 Å². The molecule has 0 radical (unpaired) electrons. The summed E-state index contributed by atoms with van der Waals surface area (Å²) in [5, 5.41) is 3.47. The first kappa shape index (κ1) is 24.9. The maximum atomic E-state index is 12.5. The molecule has 5 nitrogen and oxygen atoms in total. The van der Waals surface area contributed by atoms with Crippen molar-refractivity contribution in [2.45, 2.75) is 26.9 Å². The monoisotopic (exact) mass is 476 g/mol. The summed E-state index contributed by atoms with van der Waals surface area (Å²) in [6, 6.07) is 18.4. The number of methoxy groups -OCH3 is 1. The Morgan fingerprint density at radius 2 is 1.79 bits per heavy atom. The topological polar surface area (TPSA) is 73.6 Å². The average Bonchev–Trinajstić information content (AvgIpc) is 2.82. The minimum absolute atomic E-state index is 0.289. The van der Waals surface area contributed by atoms with Crippen molar-refractivity contribution < 1.29 is 14.3 Å². The van der Waals surface area contributed by atoms with Crippen LogP contribution in [-0.2, 0) is 17.8 Å². The molecule has 0 bridgehead atoms. The van der Waals surface area contributed by atoms with E-state index in [1.54, 1.807) is 25.3 Å². The Morgan fingerprint density at radius 1 is 1.06 bits per heavy atom. The molecule has 0 fully saturated rings. The van der Waals surface area contributed by atoms with Gasteiger partial charge in [-0.3, -0.25) is 4.79 Å². The van der Waals surface area contributed by atoms with Crippen molar-refractivity contribution in [3.8, 4) is 11.5 Å². The third-order valence-corrected chi connectivity index (χ3v) is 5.36. The van der Waals surface area contributed by atoms with E-state index in [1.165, 1.54) is 11.6 Å². The van der Waals surface area contributed by atoms with Crippen molar-refractivity contribution >= 4 is 35.0 Å². The number of nitrogen functional groups attached to an aromatic ring is 1. The molecule has 3 rings (SSSR count). The lowest BCUT2D eigenvalue weighted by Crippen LogP contribution is -2.09. The predicted molar refractivity (Wildman–Crippen MR) is 140 cm³/mol. The Bertz CT molecular complexity index is 1200. The smallest absolute Gasteiger partial charge is 0.248 e. The first-order valence-corrected chi connectivity index (χ1v) is 11.3. The summed E-state index contributed by atoms with van der Waals surface area (Å²) < 4.78 is 11.9. The number of carbonyl (C=O) groups excluding carboxylic acids is 1. The van der Waals surface area contributed by atoms with Gasteiger partial charge in [-0.15, -0.1) is 0 Å². The highest BCUT2D eigenvalue weighted by Crippen LogP contribution is 2.35. The summed E-state index contributed by atoms with van der Waals surface area (Å²) >= 11 is 6.01. The van der Waals surface area contributed by atoms with Crippen molar-refractivity contribution in [1.29, 1.82) is 0 Å². The molecule has 3 N–H and O–H groups in total. The van der Waals surface area contributed by atoms with Crippen molar-refractivity contribution in [1.82, 2.24) is 0 Å². The normalized spacial score (nSPS) is 10.7. The van der Waals surface area contributed by atoms with Gasteiger partial charge in [-0.2, -0.15) is 0 Å². The quantitative estimate of drug-likeness (QED) is 0.205. The first-order valence-electron chi connectivity index (χ1n) is 10.9. The number of anilines is 2. The van der Waals surface area contributed by atoms with Crippen LogP contribution in [0.4, 0.5) is 11.4 Å². The molecule has 0 unspecified atom stereocenters. The highest BCUT2D eigenvalue weighted by atomic mass is 35.5. The summed E-state index contributed by atoms with van der Waals surface area (Å²) in [7, 11) is 1.64. The standard InChI is InChI=1S/C28H29ClN2O3/c1-19(2)8-15-23-26(33-3)16-11-21(28(23)34-18-20-9-13-22(29)14-10-20)12-17-27(32)31-25-7-5-4-6-24(25)30/h4-14,16-17H,15,18,30H2,1-3H3,(H,31,32)/b17-12+. The molecule has 0 aliphatic carbocycles. The number of para-hydroxylation sites is 2. The Balaban J connectivity index is 1.92. The number of hydrogen-bond donors (Lipinski definition) is 2. The number of amides is 1. The van der Waals surface area contributed by atoms with Crippen LogP contribution < -0.4 is 20.5 Å². The molecule has 0 heterocycles. The van der Waals surface area contributed by atoms with Gasteiger partial charge in [-0.25, -0.2) is 0 Å². The van der Waals surface area contributed by atoms with E-state index in [4.69, 9.17) is 26.8 Å². The molecular weight excluding hydrogens is 448 g/mol. The number of hydrogen-bond acceptors (Lipinski definition) is 4. The van der Waals surface area contributed by atoms with Crippen LogP contribution in [0.3, 0.4) is 0 Å². The number of allylic oxidation sites excluding steroid dienone is 2. The van der Waals surface area contributed by atoms with Crippen LogP contribution in [0.1, 0.15) is 30.5 Å². The zero-order valence-electron chi connectivity index (χ0n) is 19.6. The molecule has 0 saturated carbocycles.